The fourth-order valence-corrected chi connectivity index (χ4v) is 4.33. The Balaban J connectivity index is 1.77. The SMILES string of the molecule is CC(C)n1cc(C(=O)Nc2nc3c(s2)CCC3)c2ccccc2c1=O. The maximum Gasteiger partial charge on any atom is 0.259 e. The summed E-state index contributed by atoms with van der Waals surface area (Å²) in [6.07, 6.45) is 4.84. The van der Waals surface area contributed by atoms with Crippen molar-refractivity contribution in [1.29, 1.82) is 0 Å². The van der Waals surface area contributed by atoms with Gasteiger partial charge in [0.2, 0.25) is 0 Å². The molecule has 4 rings (SSSR count). The third-order valence-electron chi connectivity index (χ3n) is 4.57. The lowest BCUT2D eigenvalue weighted by Gasteiger charge is -2.14. The number of rotatable bonds is 3. The van der Waals surface area contributed by atoms with E-state index in [-0.39, 0.29) is 17.5 Å². The predicted octanol–water partition coefficient (Wildman–Crippen LogP) is 3.78. The summed E-state index contributed by atoms with van der Waals surface area (Å²) in [4.78, 5) is 31.3. The van der Waals surface area contributed by atoms with Crippen molar-refractivity contribution in [3.05, 3.63) is 57.0 Å². The molecule has 2 aromatic heterocycles. The van der Waals surface area contributed by atoms with Crippen molar-refractivity contribution in [3.63, 3.8) is 0 Å². The number of nitrogens with one attached hydrogen (secondary N) is 1. The molecule has 1 amide bonds. The Morgan fingerprint density at radius 3 is 2.72 bits per heavy atom. The average Bonchev–Trinajstić information content (AvgIpc) is 3.16. The quantitative estimate of drug-likeness (QED) is 0.779. The number of anilines is 1. The number of aryl methyl sites for hydroxylation is 2. The van der Waals surface area contributed by atoms with Crippen LogP contribution in [-0.2, 0) is 12.8 Å². The van der Waals surface area contributed by atoms with E-state index in [0.29, 0.717) is 21.5 Å². The lowest BCUT2D eigenvalue weighted by atomic mass is 10.1. The maximum atomic E-state index is 12.9. The van der Waals surface area contributed by atoms with Crippen molar-refractivity contribution in [3.8, 4) is 0 Å². The van der Waals surface area contributed by atoms with Crippen LogP contribution in [0.5, 0.6) is 0 Å². The molecule has 0 saturated carbocycles. The second-order valence-electron chi connectivity index (χ2n) is 6.59. The number of pyridine rings is 1. The summed E-state index contributed by atoms with van der Waals surface area (Å²) >= 11 is 1.55. The Bertz CT molecular complexity index is 1010. The molecule has 0 unspecified atom stereocenters. The Morgan fingerprint density at radius 1 is 1.24 bits per heavy atom. The molecule has 0 fully saturated rings. The molecule has 1 aliphatic carbocycles. The molecule has 6 heteroatoms. The monoisotopic (exact) mass is 353 g/mol. The standard InChI is InChI=1S/C19H19N3O2S/c1-11(2)22-10-14(12-6-3-4-7-13(12)18(22)24)17(23)21-19-20-15-8-5-9-16(15)25-19/h3-4,6-7,10-11H,5,8-9H2,1-2H3,(H,20,21,23). The Kier molecular flexibility index (Phi) is 3.92. The molecule has 1 aromatic carbocycles. The number of aromatic nitrogens is 2. The van der Waals surface area contributed by atoms with Gasteiger partial charge in [0.15, 0.2) is 5.13 Å². The molecule has 128 valence electrons. The molecular weight excluding hydrogens is 334 g/mol. The number of carbonyl (C=O) groups excluding carboxylic acids is 1. The second-order valence-corrected chi connectivity index (χ2v) is 7.67. The highest BCUT2D eigenvalue weighted by atomic mass is 32.1. The molecule has 1 aliphatic rings. The van der Waals surface area contributed by atoms with Gasteiger partial charge in [-0.2, -0.15) is 0 Å². The van der Waals surface area contributed by atoms with Gasteiger partial charge < -0.3 is 4.57 Å². The molecule has 0 radical (unpaired) electrons. The van der Waals surface area contributed by atoms with Crippen LogP contribution in [0, 0.1) is 0 Å². The highest BCUT2D eigenvalue weighted by molar-refractivity contribution is 7.16. The predicted molar refractivity (Wildman–Crippen MR) is 101 cm³/mol. The van der Waals surface area contributed by atoms with Crippen LogP contribution < -0.4 is 10.9 Å². The summed E-state index contributed by atoms with van der Waals surface area (Å²) < 4.78 is 1.61. The number of benzene rings is 1. The zero-order valence-corrected chi connectivity index (χ0v) is 15.0. The largest absolute Gasteiger partial charge is 0.312 e. The van der Waals surface area contributed by atoms with Crippen LogP contribution in [0.4, 0.5) is 5.13 Å². The number of hydrogen-bond acceptors (Lipinski definition) is 4. The van der Waals surface area contributed by atoms with Crippen LogP contribution >= 0.6 is 11.3 Å². The van der Waals surface area contributed by atoms with E-state index in [1.807, 2.05) is 32.0 Å². The molecule has 5 nitrogen and oxygen atoms in total. The van der Waals surface area contributed by atoms with Gasteiger partial charge in [0, 0.05) is 27.9 Å². The number of thiazole rings is 1. The molecule has 0 aliphatic heterocycles. The van der Waals surface area contributed by atoms with E-state index in [1.165, 1.54) is 4.88 Å². The number of amides is 1. The van der Waals surface area contributed by atoms with Gasteiger partial charge >= 0.3 is 0 Å². The maximum absolute atomic E-state index is 12.9. The summed E-state index contributed by atoms with van der Waals surface area (Å²) in [5.41, 5.74) is 1.53. The molecule has 25 heavy (non-hydrogen) atoms. The van der Waals surface area contributed by atoms with Crippen molar-refractivity contribution >= 4 is 33.1 Å². The number of carbonyl (C=O) groups is 1. The molecule has 1 N–H and O–H groups in total. The first-order valence-electron chi connectivity index (χ1n) is 8.48. The highest BCUT2D eigenvalue weighted by Gasteiger charge is 2.20. The third-order valence-corrected chi connectivity index (χ3v) is 5.64. The summed E-state index contributed by atoms with van der Waals surface area (Å²) in [5, 5.41) is 4.79. The van der Waals surface area contributed by atoms with Gasteiger partial charge in [-0.1, -0.05) is 18.2 Å². The van der Waals surface area contributed by atoms with Crippen LogP contribution in [0.3, 0.4) is 0 Å². The van der Waals surface area contributed by atoms with Gasteiger partial charge in [0.05, 0.1) is 11.3 Å². The van der Waals surface area contributed by atoms with E-state index < -0.39 is 0 Å². The fraction of sp³-hybridized carbons (Fsp3) is 0.316. The van der Waals surface area contributed by atoms with E-state index in [4.69, 9.17) is 0 Å². The summed E-state index contributed by atoms with van der Waals surface area (Å²) in [6.45, 7) is 3.87. The molecular formula is C19H19N3O2S. The minimum absolute atomic E-state index is 0.0210. The van der Waals surface area contributed by atoms with Crippen LogP contribution in [-0.4, -0.2) is 15.5 Å². The second kappa shape index (κ2) is 6.11. The fourth-order valence-electron chi connectivity index (χ4n) is 3.28. The number of hydrogen-bond donors (Lipinski definition) is 1. The number of nitrogens with zero attached hydrogens (tertiary/aromatic N) is 2. The Morgan fingerprint density at radius 2 is 2.00 bits per heavy atom. The van der Waals surface area contributed by atoms with Gasteiger partial charge in [-0.05, 0) is 39.2 Å². The van der Waals surface area contributed by atoms with Gasteiger partial charge in [0.1, 0.15) is 0 Å². The molecule has 0 atom stereocenters. The van der Waals surface area contributed by atoms with Crippen molar-refractivity contribution in [1.82, 2.24) is 9.55 Å². The van der Waals surface area contributed by atoms with Gasteiger partial charge in [-0.3, -0.25) is 14.9 Å². The van der Waals surface area contributed by atoms with Crippen LogP contribution in [0.25, 0.3) is 10.8 Å². The summed E-state index contributed by atoms with van der Waals surface area (Å²) in [5.74, 6) is -0.224. The summed E-state index contributed by atoms with van der Waals surface area (Å²) in [6, 6.07) is 7.23. The van der Waals surface area contributed by atoms with Crippen LogP contribution in [0.2, 0.25) is 0 Å². The Hall–Kier alpha value is -2.47. The molecule has 0 spiro atoms. The van der Waals surface area contributed by atoms with E-state index >= 15 is 0 Å². The minimum Gasteiger partial charge on any atom is -0.312 e. The van der Waals surface area contributed by atoms with Gasteiger partial charge in [-0.15, -0.1) is 11.3 Å². The van der Waals surface area contributed by atoms with Gasteiger partial charge in [0.25, 0.3) is 11.5 Å². The lowest BCUT2D eigenvalue weighted by Crippen LogP contribution is -2.25. The topological polar surface area (TPSA) is 64.0 Å². The van der Waals surface area contributed by atoms with E-state index in [0.717, 1.165) is 25.0 Å². The average molecular weight is 353 g/mol. The first-order valence-corrected chi connectivity index (χ1v) is 9.30. The highest BCUT2D eigenvalue weighted by Crippen LogP contribution is 2.31. The zero-order chi connectivity index (χ0) is 17.6. The molecule has 0 saturated heterocycles. The third kappa shape index (κ3) is 2.76. The van der Waals surface area contributed by atoms with E-state index in [1.54, 1.807) is 28.2 Å². The molecule has 2 heterocycles. The van der Waals surface area contributed by atoms with Crippen molar-refractivity contribution in [2.75, 3.05) is 5.32 Å². The molecule has 0 bridgehead atoms. The first kappa shape index (κ1) is 16.0. The Labute approximate surface area is 149 Å². The number of fused-ring (bicyclic) bond motifs is 2. The van der Waals surface area contributed by atoms with Gasteiger partial charge in [-0.25, -0.2) is 4.98 Å². The summed E-state index contributed by atoms with van der Waals surface area (Å²) in [7, 11) is 0. The normalized spacial score (nSPS) is 13.4. The van der Waals surface area contributed by atoms with Crippen molar-refractivity contribution < 1.29 is 4.79 Å². The van der Waals surface area contributed by atoms with Crippen molar-refractivity contribution in [2.45, 2.75) is 39.2 Å². The smallest absolute Gasteiger partial charge is 0.259 e. The van der Waals surface area contributed by atoms with Crippen LogP contribution in [0.15, 0.2) is 35.3 Å². The zero-order valence-electron chi connectivity index (χ0n) is 14.2. The lowest BCUT2D eigenvalue weighted by molar-refractivity contribution is 0.102. The minimum atomic E-state index is -0.224. The molecule has 3 aromatic rings. The van der Waals surface area contributed by atoms with Crippen LogP contribution in [0.1, 0.15) is 47.2 Å². The van der Waals surface area contributed by atoms with Crippen molar-refractivity contribution in [2.24, 2.45) is 0 Å². The van der Waals surface area contributed by atoms with E-state index in [9.17, 15) is 9.59 Å². The first-order chi connectivity index (χ1) is 12.0. The van der Waals surface area contributed by atoms with E-state index in [2.05, 4.69) is 10.3 Å².